The van der Waals surface area contributed by atoms with Crippen LogP contribution in [-0.4, -0.2) is 23.5 Å². The van der Waals surface area contributed by atoms with Crippen molar-refractivity contribution in [1.82, 2.24) is 9.78 Å². The van der Waals surface area contributed by atoms with Gasteiger partial charge in [-0.3, -0.25) is 4.79 Å². The van der Waals surface area contributed by atoms with Crippen molar-refractivity contribution < 1.29 is 4.74 Å². The number of aromatic nitrogens is 2. The minimum Gasteiger partial charge on any atom is -0.383 e. The summed E-state index contributed by atoms with van der Waals surface area (Å²) in [4.78, 5) is 13.0. The lowest BCUT2D eigenvalue weighted by Crippen LogP contribution is -2.26. The van der Waals surface area contributed by atoms with Gasteiger partial charge < -0.3 is 10.1 Å². The third kappa shape index (κ3) is 3.73. The molecular weight excluding hydrogens is 321 g/mol. The van der Waals surface area contributed by atoms with Gasteiger partial charge >= 0.3 is 0 Å². The van der Waals surface area contributed by atoms with Crippen molar-refractivity contribution >= 4 is 40.2 Å². The maximum Gasteiger partial charge on any atom is 0.287 e. The zero-order valence-electron chi connectivity index (χ0n) is 10.7. The topological polar surface area (TPSA) is 56.1 Å². The van der Waals surface area contributed by atoms with Crippen LogP contribution >= 0.6 is 34.5 Å². The van der Waals surface area contributed by atoms with E-state index in [1.807, 2.05) is 12.1 Å². The van der Waals surface area contributed by atoms with Crippen LogP contribution in [0.1, 0.15) is 4.88 Å². The predicted molar refractivity (Wildman–Crippen MR) is 82.0 cm³/mol. The van der Waals surface area contributed by atoms with Crippen molar-refractivity contribution in [2.24, 2.45) is 0 Å². The Hall–Kier alpha value is -1.08. The standard InChI is InChI=1S/C12H13Cl2N3O2S/c1-19-5-4-17-12(18)11(14)9(7-16-17)15-6-8-2-3-10(13)20-8/h2-3,7,15H,4-6H2,1H3. The molecule has 8 heteroatoms. The molecule has 0 atom stereocenters. The van der Waals surface area contributed by atoms with E-state index in [1.165, 1.54) is 22.2 Å². The molecule has 0 spiro atoms. The van der Waals surface area contributed by atoms with Crippen LogP contribution in [0.4, 0.5) is 5.69 Å². The number of thiophene rings is 1. The first kappa shape index (κ1) is 15.3. The summed E-state index contributed by atoms with van der Waals surface area (Å²) in [5.41, 5.74) is 0.174. The van der Waals surface area contributed by atoms with E-state index in [0.29, 0.717) is 25.4 Å². The third-order valence-corrected chi connectivity index (χ3v) is 4.17. The average Bonchev–Trinajstić information content (AvgIpc) is 2.85. The first-order valence-corrected chi connectivity index (χ1v) is 7.41. The highest BCUT2D eigenvalue weighted by molar-refractivity contribution is 7.16. The molecule has 0 fully saturated rings. The largest absolute Gasteiger partial charge is 0.383 e. The van der Waals surface area contributed by atoms with Crippen molar-refractivity contribution in [1.29, 1.82) is 0 Å². The van der Waals surface area contributed by atoms with Crippen LogP contribution in [0.25, 0.3) is 0 Å². The van der Waals surface area contributed by atoms with Crippen LogP contribution in [0, 0.1) is 0 Å². The molecule has 108 valence electrons. The first-order valence-electron chi connectivity index (χ1n) is 5.84. The number of methoxy groups -OCH3 is 1. The predicted octanol–water partition coefficient (Wildman–Crippen LogP) is 2.87. The fourth-order valence-corrected chi connectivity index (χ4v) is 2.79. The van der Waals surface area contributed by atoms with Crippen LogP contribution in [0.3, 0.4) is 0 Å². The van der Waals surface area contributed by atoms with Gasteiger partial charge in [-0.05, 0) is 12.1 Å². The van der Waals surface area contributed by atoms with E-state index in [2.05, 4.69) is 10.4 Å². The van der Waals surface area contributed by atoms with Crippen molar-refractivity contribution in [3.8, 4) is 0 Å². The van der Waals surface area contributed by atoms with E-state index < -0.39 is 0 Å². The summed E-state index contributed by atoms with van der Waals surface area (Å²) in [6, 6.07) is 3.74. The zero-order valence-corrected chi connectivity index (χ0v) is 13.1. The molecule has 2 rings (SSSR count). The van der Waals surface area contributed by atoms with Gasteiger partial charge in [-0.1, -0.05) is 23.2 Å². The molecule has 2 heterocycles. The normalized spacial score (nSPS) is 10.8. The monoisotopic (exact) mass is 333 g/mol. The number of halogens is 2. The molecule has 1 N–H and O–H groups in total. The van der Waals surface area contributed by atoms with Crippen LogP contribution < -0.4 is 10.9 Å². The number of anilines is 1. The fourth-order valence-electron chi connectivity index (χ4n) is 1.55. The minimum atomic E-state index is -0.335. The summed E-state index contributed by atoms with van der Waals surface area (Å²) >= 11 is 13.4. The van der Waals surface area contributed by atoms with Gasteiger partial charge in [0.2, 0.25) is 0 Å². The van der Waals surface area contributed by atoms with E-state index in [9.17, 15) is 4.79 Å². The number of ether oxygens (including phenoxy) is 1. The second kappa shape index (κ2) is 7.08. The van der Waals surface area contributed by atoms with Gasteiger partial charge in [0.25, 0.3) is 5.56 Å². The first-order chi connectivity index (χ1) is 9.61. The Kier molecular flexibility index (Phi) is 5.42. The maximum absolute atomic E-state index is 12.0. The Morgan fingerprint density at radius 2 is 2.25 bits per heavy atom. The Morgan fingerprint density at radius 3 is 2.90 bits per heavy atom. The van der Waals surface area contributed by atoms with Crippen molar-refractivity contribution in [2.45, 2.75) is 13.1 Å². The van der Waals surface area contributed by atoms with Crippen LogP contribution in [-0.2, 0) is 17.8 Å². The molecule has 0 bridgehead atoms. The van der Waals surface area contributed by atoms with Gasteiger partial charge in [-0.15, -0.1) is 11.3 Å². The molecule has 0 aliphatic rings. The van der Waals surface area contributed by atoms with E-state index in [0.717, 1.165) is 9.21 Å². The summed E-state index contributed by atoms with van der Waals surface area (Å²) < 4.78 is 6.91. The highest BCUT2D eigenvalue weighted by Gasteiger charge is 2.09. The third-order valence-electron chi connectivity index (χ3n) is 2.57. The van der Waals surface area contributed by atoms with Crippen LogP contribution in [0.5, 0.6) is 0 Å². The number of nitrogens with zero attached hydrogens (tertiary/aromatic N) is 2. The Labute approximate surface area is 130 Å². The molecule has 5 nitrogen and oxygen atoms in total. The van der Waals surface area contributed by atoms with Gasteiger partial charge in [-0.25, -0.2) is 4.68 Å². The molecule has 2 aromatic heterocycles. The Bertz CT molecular complexity index is 642. The molecule has 0 aliphatic heterocycles. The van der Waals surface area contributed by atoms with Gasteiger partial charge in [0, 0.05) is 18.5 Å². The van der Waals surface area contributed by atoms with Crippen LogP contribution in [0.2, 0.25) is 9.36 Å². The van der Waals surface area contributed by atoms with E-state index in [4.69, 9.17) is 27.9 Å². The summed E-state index contributed by atoms with van der Waals surface area (Å²) in [6.07, 6.45) is 1.54. The molecular formula is C12H13Cl2N3O2S. The SMILES string of the molecule is COCCn1ncc(NCc2ccc(Cl)s2)c(Cl)c1=O. The molecule has 0 aromatic carbocycles. The number of nitrogens with one attached hydrogen (secondary N) is 1. The number of hydrogen-bond donors (Lipinski definition) is 1. The lowest BCUT2D eigenvalue weighted by Gasteiger charge is -2.09. The van der Waals surface area contributed by atoms with Crippen molar-refractivity contribution in [3.05, 3.63) is 42.9 Å². The summed E-state index contributed by atoms with van der Waals surface area (Å²) in [5.74, 6) is 0. The molecule has 20 heavy (non-hydrogen) atoms. The highest BCUT2D eigenvalue weighted by atomic mass is 35.5. The summed E-state index contributed by atoms with van der Waals surface area (Å²) in [7, 11) is 1.56. The summed E-state index contributed by atoms with van der Waals surface area (Å²) in [6.45, 7) is 1.32. The molecule has 0 saturated carbocycles. The van der Waals surface area contributed by atoms with Gasteiger partial charge in [-0.2, -0.15) is 5.10 Å². The fraction of sp³-hybridized carbons (Fsp3) is 0.333. The van der Waals surface area contributed by atoms with Gasteiger partial charge in [0.1, 0.15) is 5.02 Å². The smallest absolute Gasteiger partial charge is 0.287 e. The lowest BCUT2D eigenvalue weighted by atomic mass is 10.4. The second-order valence-corrected chi connectivity index (χ2v) is 6.13. The molecule has 0 saturated heterocycles. The molecule has 2 aromatic rings. The van der Waals surface area contributed by atoms with E-state index >= 15 is 0 Å². The molecule has 0 amide bonds. The second-order valence-electron chi connectivity index (χ2n) is 3.95. The average molecular weight is 334 g/mol. The minimum absolute atomic E-state index is 0.124. The van der Waals surface area contributed by atoms with Crippen molar-refractivity contribution in [2.75, 3.05) is 19.0 Å². The Balaban J connectivity index is 2.09. The lowest BCUT2D eigenvalue weighted by molar-refractivity contribution is 0.182. The number of hydrogen-bond acceptors (Lipinski definition) is 5. The van der Waals surface area contributed by atoms with E-state index in [1.54, 1.807) is 7.11 Å². The molecule has 0 unspecified atom stereocenters. The quantitative estimate of drug-likeness (QED) is 0.883. The van der Waals surface area contributed by atoms with E-state index in [-0.39, 0.29) is 10.6 Å². The van der Waals surface area contributed by atoms with Crippen molar-refractivity contribution in [3.63, 3.8) is 0 Å². The highest BCUT2D eigenvalue weighted by Crippen LogP contribution is 2.23. The molecule has 0 radical (unpaired) electrons. The van der Waals surface area contributed by atoms with Gasteiger partial charge in [0.15, 0.2) is 0 Å². The zero-order chi connectivity index (χ0) is 14.5. The van der Waals surface area contributed by atoms with Gasteiger partial charge in [0.05, 0.1) is 29.4 Å². The van der Waals surface area contributed by atoms with Crippen LogP contribution in [0.15, 0.2) is 23.1 Å². The Morgan fingerprint density at radius 1 is 1.45 bits per heavy atom. The maximum atomic E-state index is 12.0. The molecule has 0 aliphatic carbocycles. The number of rotatable bonds is 6. The summed E-state index contributed by atoms with van der Waals surface area (Å²) in [5, 5.41) is 7.25.